The van der Waals surface area contributed by atoms with Gasteiger partial charge in [0.1, 0.15) is 6.04 Å². The first-order valence-electron chi connectivity index (χ1n) is 6.37. The van der Waals surface area contributed by atoms with Gasteiger partial charge in [0.2, 0.25) is 5.91 Å². The molecule has 0 radical (unpaired) electrons. The second-order valence-corrected chi connectivity index (χ2v) is 6.16. The third-order valence-electron chi connectivity index (χ3n) is 2.69. The number of amides is 1. The molecule has 21 heavy (non-hydrogen) atoms. The number of esters is 1. The van der Waals surface area contributed by atoms with Crippen molar-refractivity contribution in [1.82, 2.24) is 5.32 Å². The minimum Gasteiger partial charge on any atom is -0.467 e. The van der Waals surface area contributed by atoms with Crippen LogP contribution in [0.5, 0.6) is 0 Å². The second-order valence-electron chi connectivity index (χ2n) is 4.25. The molecule has 4 nitrogen and oxygen atoms in total. The highest BCUT2D eigenvalue weighted by Gasteiger charge is 2.19. The van der Waals surface area contributed by atoms with Gasteiger partial charge in [-0.25, -0.2) is 4.79 Å². The van der Waals surface area contributed by atoms with Gasteiger partial charge >= 0.3 is 5.97 Å². The molecule has 1 rings (SSSR count). The number of halogens is 1. The van der Waals surface area contributed by atoms with E-state index in [-0.39, 0.29) is 5.91 Å². The Bertz CT molecular complexity index is 519. The first-order chi connectivity index (χ1) is 10.1. The van der Waals surface area contributed by atoms with Crippen molar-refractivity contribution in [2.75, 3.05) is 19.1 Å². The summed E-state index contributed by atoms with van der Waals surface area (Å²) in [5.74, 6) is 0.0369. The van der Waals surface area contributed by atoms with Gasteiger partial charge in [-0.2, -0.15) is 11.8 Å². The number of thioether (sulfide) groups is 1. The fourth-order valence-corrected chi connectivity index (χ4v) is 2.52. The van der Waals surface area contributed by atoms with Crippen LogP contribution in [0.25, 0.3) is 6.08 Å². The molecule has 1 N–H and O–H groups in total. The summed E-state index contributed by atoms with van der Waals surface area (Å²) in [5.41, 5.74) is 0.901. The first kappa shape index (κ1) is 17.8. The van der Waals surface area contributed by atoms with Gasteiger partial charge in [-0.1, -0.05) is 28.1 Å². The van der Waals surface area contributed by atoms with Crippen molar-refractivity contribution >= 4 is 45.6 Å². The van der Waals surface area contributed by atoms with Crippen LogP contribution < -0.4 is 5.32 Å². The molecule has 0 saturated carbocycles. The highest BCUT2D eigenvalue weighted by Crippen LogP contribution is 2.12. The Kier molecular flexibility index (Phi) is 8.15. The number of carbonyl (C=O) groups is 2. The number of hydrogen-bond donors (Lipinski definition) is 1. The molecule has 6 heteroatoms. The molecule has 1 aromatic carbocycles. The molecule has 0 unspecified atom stereocenters. The van der Waals surface area contributed by atoms with Crippen LogP contribution in [0.4, 0.5) is 0 Å². The van der Waals surface area contributed by atoms with Crippen molar-refractivity contribution in [3.63, 3.8) is 0 Å². The summed E-state index contributed by atoms with van der Waals surface area (Å²) < 4.78 is 5.64. The number of rotatable bonds is 7. The monoisotopic (exact) mass is 371 g/mol. The number of ether oxygens (including phenoxy) is 1. The second kappa shape index (κ2) is 9.63. The highest BCUT2D eigenvalue weighted by molar-refractivity contribution is 9.10. The Hall–Kier alpha value is -1.27. The number of hydrogen-bond acceptors (Lipinski definition) is 4. The zero-order valence-electron chi connectivity index (χ0n) is 12.0. The summed E-state index contributed by atoms with van der Waals surface area (Å²) in [5, 5.41) is 2.66. The van der Waals surface area contributed by atoms with E-state index in [2.05, 4.69) is 21.2 Å². The summed E-state index contributed by atoms with van der Waals surface area (Å²) in [6, 6.07) is 6.97. The number of nitrogens with one attached hydrogen (secondary N) is 1. The van der Waals surface area contributed by atoms with Gasteiger partial charge in [0.05, 0.1) is 7.11 Å². The van der Waals surface area contributed by atoms with Crippen LogP contribution in [0.15, 0.2) is 34.8 Å². The van der Waals surface area contributed by atoms with Crippen LogP contribution in [0.3, 0.4) is 0 Å². The van der Waals surface area contributed by atoms with Gasteiger partial charge < -0.3 is 10.1 Å². The molecule has 0 aliphatic rings. The summed E-state index contributed by atoms with van der Waals surface area (Å²) in [6.45, 7) is 0. The zero-order chi connectivity index (χ0) is 15.7. The lowest BCUT2D eigenvalue weighted by Crippen LogP contribution is -2.41. The standard InChI is InChI=1S/C15H18BrNO3S/c1-20-15(19)13(8-9-21-2)17-14(18)7-6-11-4-3-5-12(16)10-11/h3-7,10,13H,8-9H2,1-2H3,(H,17,18)/b7-6+/t13-/m1/s1. The smallest absolute Gasteiger partial charge is 0.328 e. The lowest BCUT2D eigenvalue weighted by Gasteiger charge is -2.14. The van der Waals surface area contributed by atoms with Crippen LogP contribution in [0.2, 0.25) is 0 Å². The Morgan fingerprint density at radius 1 is 1.48 bits per heavy atom. The molecule has 0 saturated heterocycles. The molecule has 0 aliphatic heterocycles. The van der Waals surface area contributed by atoms with Gasteiger partial charge in [0, 0.05) is 10.5 Å². The van der Waals surface area contributed by atoms with Gasteiger partial charge in [0.15, 0.2) is 0 Å². The van der Waals surface area contributed by atoms with Gasteiger partial charge in [-0.15, -0.1) is 0 Å². The van der Waals surface area contributed by atoms with Crippen LogP contribution in [0, 0.1) is 0 Å². The van der Waals surface area contributed by atoms with Crippen molar-refractivity contribution < 1.29 is 14.3 Å². The van der Waals surface area contributed by atoms with E-state index in [1.54, 1.807) is 17.8 Å². The van der Waals surface area contributed by atoms with Crippen LogP contribution >= 0.6 is 27.7 Å². The van der Waals surface area contributed by atoms with Crippen molar-refractivity contribution in [3.05, 3.63) is 40.4 Å². The van der Waals surface area contributed by atoms with E-state index in [0.717, 1.165) is 15.8 Å². The molecular weight excluding hydrogens is 354 g/mol. The molecule has 114 valence electrons. The van der Waals surface area contributed by atoms with Crippen LogP contribution in [0.1, 0.15) is 12.0 Å². The quantitative estimate of drug-likeness (QED) is 0.591. The number of benzene rings is 1. The third kappa shape index (κ3) is 6.82. The van der Waals surface area contributed by atoms with Crippen molar-refractivity contribution in [1.29, 1.82) is 0 Å². The van der Waals surface area contributed by atoms with Crippen molar-refractivity contribution in [2.45, 2.75) is 12.5 Å². The maximum absolute atomic E-state index is 11.9. The van der Waals surface area contributed by atoms with Crippen molar-refractivity contribution in [2.24, 2.45) is 0 Å². The number of carbonyl (C=O) groups excluding carboxylic acids is 2. The minimum atomic E-state index is -0.609. The molecule has 0 fully saturated rings. The fraction of sp³-hybridized carbons (Fsp3) is 0.333. The molecule has 0 aliphatic carbocycles. The Balaban J connectivity index is 2.62. The van der Waals surface area contributed by atoms with Gasteiger partial charge in [0.25, 0.3) is 0 Å². The van der Waals surface area contributed by atoms with E-state index in [0.29, 0.717) is 6.42 Å². The predicted molar refractivity (Wildman–Crippen MR) is 90.1 cm³/mol. The lowest BCUT2D eigenvalue weighted by atomic mass is 10.2. The molecule has 0 spiro atoms. The molecule has 1 atom stereocenters. The average molecular weight is 372 g/mol. The first-order valence-corrected chi connectivity index (χ1v) is 8.56. The van der Waals surface area contributed by atoms with Crippen LogP contribution in [-0.4, -0.2) is 37.0 Å². The Labute approximate surface area is 137 Å². The SMILES string of the molecule is COC(=O)[C@@H](CCSC)NC(=O)/C=C/c1cccc(Br)c1. The van der Waals surface area contributed by atoms with E-state index in [9.17, 15) is 9.59 Å². The van der Waals surface area contributed by atoms with E-state index in [1.807, 2.05) is 30.5 Å². The third-order valence-corrected chi connectivity index (χ3v) is 3.83. The van der Waals surface area contributed by atoms with E-state index < -0.39 is 12.0 Å². The average Bonchev–Trinajstić information content (AvgIpc) is 2.48. The Morgan fingerprint density at radius 2 is 2.24 bits per heavy atom. The predicted octanol–water partition coefficient (Wildman–Crippen LogP) is 2.87. The maximum Gasteiger partial charge on any atom is 0.328 e. The molecule has 0 bridgehead atoms. The molecular formula is C15H18BrNO3S. The summed E-state index contributed by atoms with van der Waals surface area (Å²) in [4.78, 5) is 23.5. The zero-order valence-corrected chi connectivity index (χ0v) is 14.4. The summed E-state index contributed by atoms with van der Waals surface area (Å²) in [6.07, 6.45) is 5.60. The lowest BCUT2D eigenvalue weighted by molar-refractivity contribution is -0.144. The molecule has 0 aromatic heterocycles. The topological polar surface area (TPSA) is 55.4 Å². The van der Waals surface area contributed by atoms with E-state index in [4.69, 9.17) is 4.74 Å². The Morgan fingerprint density at radius 3 is 2.86 bits per heavy atom. The summed E-state index contributed by atoms with van der Waals surface area (Å²) in [7, 11) is 1.32. The highest BCUT2D eigenvalue weighted by atomic mass is 79.9. The summed E-state index contributed by atoms with van der Waals surface area (Å²) >= 11 is 4.98. The van der Waals surface area contributed by atoms with Gasteiger partial charge in [-0.05, 0) is 42.2 Å². The fourth-order valence-electron chi connectivity index (χ4n) is 1.63. The largest absolute Gasteiger partial charge is 0.467 e. The minimum absolute atomic E-state index is 0.313. The molecule has 1 aromatic rings. The maximum atomic E-state index is 11.9. The molecule has 1 amide bonds. The van der Waals surface area contributed by atoms with Crippen molar-refractivity contribution in [3.8, 4) is 0 Å². The van der Waals surface area contributed by atoms with E-state index >= 15 is 0 Å². The normalized spacial score (nSPS) is 12.1. The number of methoxy groups -OCH3 is 1. The van der Waals surface area contributed by atoms with Crippen LogP contribution in [-0.2, 0) is 14.3 Å². The van der Waals surface area contributed by atoms with E-state index in [1.165, 1.54) is 13.2 Å². The van der Waals surface area contributed by atoms with Gasteiger partial charge in [-0.3, -0.25) is 4.79 Å². The molecule has 0 heterocycles.